The van der Waals surface area contributed by atoms with Crippen molar-refractivity contribution in [3.8, 4) is 11.4 Å². The van der Waals surface area contributed by atoms with E-state index in [1.54, 1.807) is 39.1 Å². The molecule has 8 heteroatoms. The normalized spacial score (nSPS) is 11.8. The molecule has 0 saturated carbocycles. The molecule has 28 heavy (non-hydrogen) atoms. The van der Waals surface area contributed by atoms with Crippen molar-refractivity contribution in [2.75, 3.05) is 18.9 Å². The van der Waals surface area contributed by atoms with Crippen molar-refractivity contribution in [3.63, 3.8) is 0 Å². The molecule has 148 valence electrons. The first-order valence-electron chi connectivity index (χ1n) is 9.10. The van der Waals surface area contributed by atoms with E-state index in [2.05, 4.69) is 4.98 Å². The second-order valence-electron chi connectivity index (χ2n) is 6.38. The Balaban J connectivity index is 1.96. The van der Waals surface area contributed by atoms with Crippen molar-refractivity contribution in [2.24, 2.45) is 7.05 Å². The molecule has 0 bridgehead atoms. The van der Waals surface area contributed by atoms with Gasteiger partial charge in [0.2, 0.25) is 0 Å². The molecule has 1 heterocycles. The summed E-state index contributed by atoms with van der Waals surface area (Å²) in [6.45, 7) is 4.21. The highest BCUT2D eigenvalue weighted by molar-refractivity contribution is 7.53. The molecule has 0 unspecified atom stereocenters. The van der Waals surface area contributed by atoms with Crippen molar-refractivity contribution >= 4 is 24.2 Å². The molecule has 0 spiro atoms. The van der Waals surface area contributed by atoms with Gasteiger partial charge >= 0.3 is 7.60 Å². The van der Waals surface area contributed by atoms with Gasteiger partial charge in [-0.15, -0.1) is 0 Å². The van der Waals surface area contributed by atoms with Crippen molar-refractivity contribution in [2.45, 2.75) is 20.0 Å². The maximum atomic E-state index is 12.7. The minimum Gasteiger partial charge on any atom is -0.399 e. The molecule has 2 N–H and O–H groups in total. The predicted octanol–water partition coefficient (Wildman–Crippen LogP) is 3.95. The number of nitrogens with zero attached hydrogens (tertiary/aromatic N) is 2. The Morgan fingerprint density at radius 1 is 1.07 bits per heavy atom. The van der Waals surface area contributed by atoms with Crippen molar-refractivity contribution < 1.29 is 13.6 Å². The van der Waals surface area contributed by atoms with Crippen LogP contribution in [0, 0.1) is 0 Å². The number of nitrogens with two attached hydrogens (primary N) is 1. The van der Waals surface area contributed by atoms with Gasteiger partial charge in [-0.2, -0.15) is 0 Å². The van der Waals surface area contributed by atoms with Crippen LogP contribution in [0.1, 0.15) is 19.4 Å². The highest BCUT2D eigenvalue weighted by Crippen LogP contribution is 2.51. The summed E-state index contributed by atoms with van der Waals surface area (Å²) in [5.74, 6) is 0.535. The van der Waals surface area contributed by atoms with Gasteiger partial charge in [-0.05, 0) is 37.6 Å². The summed E-state index contributed by atoms with van der Waals surface area (Å²) < 4.78 is 24.9. The van der Waals surface area contributed by atoms with Gasteiger partial charge in [-0.25, -0.2) is 4.98 Å². The molecule has 0 aliphatic rings. The zero-order valence-electron chi connectivity index (χ0n) is 16.2. The van der Waals surface area contributed by atoms with Gasteiger partial charge in [-0.1, -0.05) is 24.3 Å². The molecular weight excluding hydrogens is 377 g/mol. The summed E-state index contributed by atoms with van der Waals surface area (Å²) in [4.78, 5) is 17.3. The fraction of sp³-hybridized carbons (Fsp3) is 0.300. The highest BCUT2D eigenvalue weighted by Gasteiger charge is 2.24. The fourth-order valence-corrected chi connectivity index (χ4v) is 4.75. The Morgan fingerprint density at radius 3 is 2.32 bits per heavy atom. The van der Waals surface area contributed by atoms with E-state index >= 15 is 0 Å². The third-order valence-corrected chi connectivity index (χ3v) is 6.40. The highest BCUT2D eigenvalue weighted by atomic mass is 31.2. The minimum atomic E-state index is -3.17. The molecule has 0 saturated heterocycles. The average Bonchev–Trinajstić information content (AvgIpc) is 2.65. The van der Waals surface area contributed by atoms with Gasteiger partial charge in [0, 0.05) is 18.3 Å². The van der Waals surface area contributed by atoms with E-state index in [1.165, 1.54) is 4.57 Å². The van der Waals surface area contributed by atoms with E-state index in [4.69, 9.17) is 14.8 Å². The Bertz CT molecular complexity index is 1080. The topological polar surface area (TPSA) is 96.4 Å². The Hall–Kier alpha value is -2.47. The summed E-state index contributed by atoms with van der Waals surface area (Å²) in [7, 11) is -1.48. The fourth-order valence-electron chi connectivity index (χ4n) is 3.05. The summed E-state index contributed by atoms with van der Waals surface area (Å²) in [6, 6.07) is 12.4. The lowest BCUT2D eigenvalue weighted by Gasteiger charge is -2.17. The Kier molecular flexibility index (Phi) is 5.98. The number of fused-ring (bicyclic) bond motifs is 1. The number of benzene rings is 2. The van der Waals surface area contributed by atoms with Crippen LogP contribution in [-0.4, -0.2) is 22.8 Å². The molecule has 1 aromatic heterocycles. The molecule has 0 atom stereocenters. The maximum Gasteiger partial charge on any atom is 0.335 e. The molecule has 0 aliphatic carbocycles. The van der Waals surface area contributed by atoms with E-state index in [0.29, 0.717) is 35.6 Å². The number of anilines is 1. The smallest absolute Gasteiger partial charge is 0.335 e. The molecule has 2 aromatic carbocycles. The van der Waals surface area contributed by atoms with Crippen LogP contribution in [0.3, 0.4) is 0 Å². The van der Waals surface area contributed by atoms with Crippen molar-refractivity contribution in [1.29, 1.82) is 0 Å². The van der Waals surface area contributed by atoms with Crippen LogP contribution in [0.15, 0.2) is 47.3 Å². The average molecular weight is 401 g/mol. The lowest BCUT2D eigenvalue weighted by atomic mass is 10.1. The first kappa shape index (κ1) is 20.3. The summed E-state index contributed by atoms with van der Waals surface area (Å²) in [6.07, 6.45) is 0.190. The van der Waals surface area contributed by atoms with Crippen LogP contribution in [0.2, 0.25) is 0 Å². The van der Waals surface area contributed by atoms with Crippen LogP contribution < -0.4 is 11.3 Å². The summed E-state index contributed by atoms with van der Waals surface area (Å²) in [5.41, 5.74) is 8.40. The molecule has 0 aliphatic heterocycles. The van der Waals surface area contributed by atoms with Gasteiger partial charge in [0.15, 0.2) is 0 Å². The van der Waals surface area contributed by atoms with Crippen molar-refractivity contribution in [1.82, 2.24) is 9.55 Å². The molecule has 3 aromatic rings. The zero-order valence-corrected chi connectivity index (χ0v) is 17.1. The monoisotopic (exact) mass is 401 g/mol. The van der Waals surface area contributed by atoms with Gasteiger partial charge in [0.25, 0.3) is 5.56 Å². The maximum absolute atomic E-state index is 12.7. The van der Waals surface area contributed by atoms with Gasteiger partial charge < -0.3 is 14.8 Å². The quantitative estimate of drug-likeness (QED) is 0.476. The van der Waals surface area contributed by atoms with Gasteiger partial charge in [-0.3, -0.25) is 13.9 Å². The SMILES string of the molecule is CCOP(=O)(Cc1ccc(-c2nc3cc(N)ccc3c(=O)n2C)cc1)OCC. The van der Waals surface area contributed by atoms with Crippen LogP contribution in [0.4, 0.5) is 5.69 Å². The standard InChI is InChI=1S/C20H24N3O4P/c1-4-26-28(25,27-5-2)13-14-6-8-15(9-7-14)19-22-18-12-16(21)10-11-17(18)20(24)23(19)3/h6-12H,4-5,13,21H2,1-3H3. The number of hydrogen-bond acceptors (Lipinski definition) is 6. The number of aromatic nitrogens is 2. The Labute approximate surface area is 163 Å². The van der Waals surface area contributed by atoms with E-state index in [0.717, 1.165) is 11.1 Å². The van der Waals surface area contributed by atoms with E-state index in [9.17, 15) is 9.36 Å². The summed E-state index contributed by atoms with van der Waals surface area (Å²) >= 11 is 0. The second kappa shape index (κ2) is 8.27. The van der Waals surface area contributed by atoms with Crippen LogP contribution in [-0.2, 0) is 26.8 Å². The third kappa shape index (κ3) is 4.17. The molecule has 3 rings (SSSR count). The van der Waals surface area contributed by atoms with E-state index in [1.807, 2.05) is 24.3 Å². The first-order valence-corrected chi connectivity index (χ1v) is 10.8. The number of hydrogen-bond donors (Lipinski definition) is 1. The Morgan fingerprint density at radius 2 is 1.71 bits per heavy atom. The van der Waals surface area contributed by atoms with Gasteiger partial charge in [0.05, 0.1) is 30.3 Å². The lowest BCUT2D eigenvalue weighted by molar-refractivity contribution is 0.219. The van der Waals surface area contributed by atoms with E-state index in [-0.39, 0.29) is 11.7 Å². The molecule has 7 nitrogen and oxygen atoms in total. The molecule has 0 fully saturated rings. The summed E-state index contributed by atoms with van der Waals surface area (Å²) in [5, 5.41) is 0.520. The van der Waals surface area contributed by atoms with Crippen LogP contribution in [0.25, 0.3) is 22.3 Å². The number of nitrogen functional groups attached to an aromatic ring is 1. The van der Waals surface area contributed by atoms with Crippen molar-refractivity contribution in [3.05, 3.63) is 58.4 Å². The number of rotatable bonds is 7. The van der Waals surface area contributed by atoms with E-state index < -0.39 is 7.60 Å². The molecular formula is C20H24N3O4P. The predicted molar refractivity (Wildman–Crippen MR) is 111 cm³/mol. The van der Waals surface area contributed by atoms with Gasteiger partial charge in [0.1, 0.15) is 5.82 Å². The molecule has 0 amide bonds. The third-order valence-electron chi connectivity index (χ3n) is 4.34. The minimum absolute atomic E-state index is 0.138. The van der Waals surface area contributed by atoms with Crippen LogP contribution in [0.5, 0.6) is 0 Å². The lowest BCUT2D eigenvalue weighted by Crippen LogP contribution is -2.20. The van der Waals surface area contributed by atoms with Crippen LogP contribution >= 0.6 is 7.60 Å². The largest absolute Gasteiger partial charge is 0.399 e. The second-order valence-corrected chi connectivity index (χ2v) is 8.43. The molecule has 0 radical (unpaired) electrons. The first-order chi connectivity index (χ1) is 13.4. The zero-order chi connectivity index (χ0) is 20.3.